The molecule has 1 saturated heterocycles. The van der Waals surface area contributed by atoms with E-state index in [0.717, 1.165) is 0 Å². The molecule has 0 bridgehead atoms. The second kappa shape index (κ2) is 5.14. The molecule has 0 radical (unpaired) electrons. The molecule has 1 aliphatic rings. The highest BCUT2D eigenvalue weighted by atomic mass is 35.5. The standard InChI is InChI=1S/C12H14ClNO4/c13-9-2-1-3-10(14)8(9)6-12(7-11(15)16)17-4-5-18-12/h1-3H,4-7,14H2,(H,15,16). The van der Waals surface area contributed by atoms with E-state index in [0.29, 0.717) is 29.5 Å². The molecule has 0 amide bonds. The summed E-state index contributed by atoms with van der Waals surface area (Å²) < 4.78 is 10.9. The van der Waals surface area contributed by atoms with E-state index in [1.54, 1.807) is 18.2 Å². The number of anilines is 1. The molecule has 6 heteroatoms. The van der Waals surface area contributed by atoms with E-state index in [-0.39, 0.29) is 12.8 Å². The molecule has 98 valence electrons. The minimum absolute atomic E-state index is 0.227. The Morgan fingerprint density at radius 1 is 1.44 bits per heavy atom. The van der Waals surface area contributed by atoms with Gasteiger partial charge < -0.3 is 20.3 Å². The second-order valence-corrected chi connectivity index (χ2v) is 4.57. The van der Waals surface area contributed by atoms with Crippen LogP contribution in [0.25, 0.3) is 0 Å². The fourth-order valence-electron chi connectivity index (χ4n) is 2.03. The number of nitrogens with two attached hydrogens (primary N) is 1. The summed E-state index contributed by atoms with van der Waals surface area (Å²) in [6.45, 7) is 0.745. The van der Waals surface area contributed by atoms with Gasteiger partial charge in [0.15, 0.2) is 5.79 Å². The molecule has 3 N–H and O–H groups in total. The normalized spacial score (nSPS) is 17.8. The van der Waals surface area contributed by atoms with Crippen molar-refractivity contribution in [2.24, 2.45) is 0 Å². The molecule has 0 unspecified atom stereocenters. The Bertz CT molecular complexity index is 437. The van der Waals surface area contributed by atoms with Gasteiger partial charge in [0.2, 0.25) is 0 Å². The lowest BCUT2D eigenvalue weighted by Gasteiger charge is -2.26. The molecule has 0 aromatic heterocycles. The summed E-state index contributed by atoms with van der Waals surface area (Å²) in [5.74, 6) is -2.15. The topological polar surface area (TPSA) is 81.8 Å². The van der Waals surface area contributed by atoms with E-state index in [4.69, 9.17) is 31.9 Å². The van der Waals surface area contributed by atoms with Crippen LogP contribution in [-0.2, 0) is 20.7 Å². The van der Waals surface area contributed by atoms with Crippen molar-refractivity contribution in [1.82, 2.24) is 0 Å². The maximum atomic E-state index is 10.9. The number of ether oxygens (including phenoxy) is 2. The fraction of sp³-hybridized carbons (Fsp3) is 0.417. The molecule has 18 heavy (non-hydrogen) atoms. The second-order valence-electron chi connectivity index (χ2n) is 4.16. The Labute approximate surface area is 109 Å². The van der Waals surface area contributed by atoms with Gasteiger partial charge in [0.25, 0.3) is 0 Å². The van der Waals surface area contributed by atoms with Crippen molar-refractivity contribution >= 4 is 23.3 Å². The Hall–Kier alpha value is -1.30. The highest BCUT2D eigenvalue weighted by molar-refractivity contribution is 6.31. The average Bonchev–Trinajstić information content (AvgIpc) is 2.72. The third-order valence-electron chi connectivity index (χ3n) is 2.84. The summed E-state index contributed by atoms with van der Waals surface area (Å²) in [5, 5.41) is 9.42. The van der Waals surface area contributed by atoms with Crippen molar-refractivity contribution in [3.05, 3.63) is 28.8 Å². The van der Waals surface area contributed by atoms with Crippen LogP contribution in [0.5, 0.6) is 0 Å². The molecule has 0 spiro atoms. The average molecular weight is 272 g/mol. The van der Waals surface area contributed by atoms with E-state index in [1.165, 1.54) is 0 Å². The Morgan fingerprint density at radius 3 is 2.67 bits per heavy atom. The van der Waals surface area contributed by atoms with Crippen LogP contribution in [0.3, 0.4) is 0 Å². The number of nitrogen functional groups attached to an aromatic ring is 1. The molecule has 1 aromatic carbocycles. The minimum atomic E-state index is -1.16. The van der Waals surface area contributed by atoms with Crippen LogP contribution in [0.1, 0.15) is 12.0 Å². The lowest BCUT2D eigenvalue weighted by molar-refractivity contribution is -0.178. The monoisotopic (exact) mass is 271 g/mol. The van der Waals surface area contributed by atoms with Gasteiger partial charge in [0.1, 0.15) is 0 Å². The van der Waals surface area contributed by atoms with Gasteiger partial charge in [-0.05, 0) is 17.7 Å². The number of halogens is 1. The Balaban J connectivity index is 2.26. The van der Waals surface area contributed by atoms with Gasteiger partial charge >= 0.3 is 5.97 Å². The molecule has 0 atom stereocenters. The lowest BCUT2D eigenvalue weighted by atomic mass is 10.0. The number of hydrogen-bond acceptors (Lipinski definition) is 4. The van der Waals surface area contributed by atoms with Gasteiger partial charge in [-0.3, -0.25) is 4.79 Å². The van der Waals surface area contributed by atoms with Crippen molar-refractivity contribution in [2.75, 3.05) is 18.9 Å². The summed E-state index contributed by atoms with van der Waals surface area (Å²) in [6, 6.07) is 5.16. The number of benzene rings is 1. The maximum Gasteiger partial charge on any atom is 0.308 e. The van der Waals surface area contributed by atoms with E-state index in [9.17, 15) is 4.79 Å². The van der Waals surface area contributed by atoms with Crippen molar-refractivity contribution in [3.8, 4) is 0 Å². The number of aliphatic carboxylic acids is 1. The first kappa shape index (κ1) is 13.1. The summed E-state index contributed by atoms with van der Waals surface area (Å²) >= 11 is 6.07. The van der Waals surface area contributed by atoms with Crippen LogP contribution >= 0.6 is 11.6 Å². The zero-order chi connectivity index (χ0) is 13.2. The largest absolute Gasteiger partial charge is 0.481 e. The molecule has 0 saturated carbocycles. The molecule has 1 aromatic rings. The molecule has 1 aliphatic heterocycles. The van der Waals surface area contributed by atoms with Crippen LogP contribution in [-0.4, -0.2) is 30.1 Å². The third-order valence-corrected chi connectivity index (χ3v) is 3.19. The third kappa shape index (κ3) is 2.75. The number of hydrogen-bond donors (Lipinski definition) is 2. The van der Waals surface area contributed by atoms with Gasteiger partial charge in [0.05, 0.1) is 19.6 Å². The molecular formula is C12H14ClNO4. The summed E-state index contributed by atoms with van der Waals surface area (Å²) in [4.78, 5) is 10.9. The minimum Gasteiger partial charge on any atom is -0.481 e. The van der Waals surface area contributed by atoms with E-state index in [2.05, 4.69) is 0 Å². The molecule has 2 rings (SSSR count). The quantitative estimate of drug-likeness (QED) is 0.814. The first-order valence-corrected chi connectivity index (χ1v) is 5.93. The van der Waals surface area contributed by atoms with E-state index >= 15 is 0 Å². The van der Waals surface area contributed by atoms with E-state index in [1.807, 2.05) is 0 Å². The first-order valence-electron chi connectivity index (χ1n) is 5.55. The Morgan fingerprint density at radius 2 is 2.11 bits per heavy atom. The van der Waals surface area contributed by atoms with Gasteiger partial charge in [0, 0.05) is 17.1 Å². The van der Waals surface area contributed by atoms with Crippen molar-refractivity contribution < 1.29 is 19.4 Å². The van der Waals surface area contributed by atoms with E-state index < -0.39 is 11.8 Å². The van der Waals surface area contributed by atoms with Crippen molar-refractivity contribution in [2.45, 2.75) is 18.6 Å². The number of carbonyl (C=O) groups is 1. The van der Waals surface area contributed by atoms with Crippen molar-refractivity contribution in [3.63, 3.8) is 0 Å². The zero-order valence-electron chi connectivity index (χ0n) is 9.69. The first-order chi connectivity index (χ1) is 8.52. The van der Waals surface area contributed by atoms with Crippen LogP contribution in [0.15, 0.2) is 18.2 Å². The molecule has 5 nitrogen and oxygen atoms in total. The van der Waals surface area contributed by atoms with Crippen LogP contribution in [0.4, 0.5) is 5.69 Å². The summed E-state index contributed by atoms with van der Waals surface area (Å²) in [7, 11) is 0. The van der Waals surface area contributed by atoms with Crippen molar-refractivity contribution in [1.29, 1.82) is 0 Å². The molecule has 0 aliphatic carbocycles. The predicted octanol–water partition coefficient (Wildman–Crippen LogP) is 1.68. The van der Waals surface area contributed by atoms with Gasteiger partial charge in [-0.1, -0.05) is 17.7 Å². The number of carboxylic acids is 1. The van der Waals surface area contributed by atoms with Crippen LogP contribution in [0, 0.1) is 0 Å². The summed E-state index contributed by atoms with van der Waals surface area (Å²) in [6.07, 6.45) is -0.0114. The molecule has 1 heterocycles. The molecular weight excluding hydrogens is 258 g/mol. The smallest absolute Gasteiger partial charge is 0.308 e. The number of carboxylic acid groups (broad SMARTS) is 1. The van der Waals surface area contributed by atoms with Crippen LogP contribution < -0.4 is 5.73 Å². The lowest BCUT2D eigenvalue weighted by Crippen LogP contribution is -2.36. The highest BCUT2D eigenvalue weighted by Gasteiger charge is 2.40. The molecule has 1 fully saturated rings. The highest BCUT2D eigenvalue weighted by Crippen LogP contribution is 2.33. The zero-order valence-corrected chi connectivity index (χ0v) is 10.4. The SMILES string of the molecule is Nc1cccc(Cl)c1CC1(CC(=O)O)OCCO1. The summed E-state index contributed by atoms with van der Waals surface area (Å²) in [5.41, 5.74) is 7.01. The predicted molar refractivity (Wildman–Crippen MR) is 66.5 cm³/mol. The van der Waals surface area contributed by atoms with Gasteiger partial charge in [-0.2, -0.15) is 0 Å². The van der Waals surface area contributed by atoms with Crippen LogP contribution in [0.2, 0.25) is 5.02 Å². The number of rotatable bonds is 4. The maximum absolute atomic E-state index is 10.9. The fourth-order valence-corrected chi connectivity index (χ4v) is 2.27. The van der Waals surface area contributed by atoms with Gasteiger partial charge in [-0.25, -0.2) is 0 Å². The van der Waals surface area contributed by atoms with Gasteiger partial charge in [-0.15, -0.1) is 0 Å². The Kier molecular flexibility index (Phi) is 3.75.